The second-order valence-corrected chi connectivity index (χ2v) is 11.6. The molecule has 6 heteroatoms. The van der Waals surface area contributed by atoms with Gasteiger partial charge in [0.1, 0.15) is 0 Å². The molecule has 1 heterocycles. The normalized spacial score (nSPS) is 11.8. The van der Waals surface area contributed by atoms with E-state index in [2.05, 4.69) is 70.1 Å². The number of nitrogens with one attached hydrogen (secondary N) is 1. The van der Waals surface area contributed by atoms with Crippen LogP contribution < -0.4 is 5.32 Å². The highest BCUT2D eigenvalue weighted by Crippen LogP contribution is 2.27. The maximum absolute atomic E-state index is 13.1. The van der Waals surface area contributed by atoms with Crippen LogP contribution in [0, 0.1) is 6.92 Å². The minimum Gasteiger partial charge on any atom is -0.462 e. The minimum absolute atomic E-state index is 0.0930. The number of aryl methyl sites for hydroxylation is 1. The van der Waals surface area contributed by atoms with Crippen LogP contribution in [0.2, 0.25) is 0 Å². The molecule has 0 aliphatic rings. The van der Waals surface area contributed by atoms with Crippen LogP contribution in [-0.4, -0.2) is 23.1 Å². The van der Waals surface area contributed by atoms with E-state index >= 15 is 0 Å². The van der Waals surface area contributed by atoms with Gasteiger partial charge in [0.15, 0.2) is 0 Å². The predicted octanol–water partition coefficient (Wildman–Crippen LogP) is 8.88. The molecule has 1 N–H and O–H groups in total. The predicted molar refractivity (Wildman–Crippen MR) is 173 cm³/mol. The summed E-state index contributed by atoms with van der Waals surface area (Å²) in [5, 5.41) is 4.18. The second kappa shape index (κ2) is 13.2. The third kappa shape index (κ3) is 6.66. The van der Waals surface area contributed by atoms with Crippen molar-refractivity contribution in [3.63, 3.8) is 0 Å². The van der Waals surface area contributed by atoms with Gasteiger partial charge < -0.3 is 14.6 Å². The third-order valence-corrected chi connectivity index (χ3v) is 8.08. The molecule has 0 saturated heterocycles. The summed E-state index contributed by atoms with van der Waals surface area (Å²) >= 11 is 3.46. The van der Waals surface area contributed by atoms with Crippen LogP contribution in [0.4, 0.5) is 0 Å². The van der Waals surface area contributed by atoms with Crippen molar-refractivity contribution >= 4 is 38.7 Å². The van der Waals surface area contributed by atoms with E-state index < -0.39 is 0 Å². The zero-order valence-corrected chi connectivity index (χ0v) is 25.8. The van der Waals surface area contributed by atoms with Gasteiger partial charge in [0.2, 0.25) is 0 Å². The molecule has 0 fully saturated rings. The summed E-state index contributed by atoms with van der Waals surface area (Å²) in [7, 11) is 0. The van der Waals surface area contributed by atoms with Gasteiger partial charge >= 0.3 is 5.97 Å². The lowest BCUT2D eigenvalue weighted by molar-refractivity contribution is 0.0500. The number of benzene rings is 4. The number of carbonyl (C=O) groups is 2. The van der Waals surface area contributed by atoms with Gasteiger partial charge in [-0.05, 0) is 84.5 Å². The summed E-state index contributed by atoms with van der Waals surface area (Å²) in [5.74, 6) is -0.377. The Morgan fingerprint density at radius 1 is 0.952 bits per heavy atom. The van der Waals surface area contributed by atoms with Gasteiger partial charge in [0.05, 0.1) is 18.2 Å². The number of ether oxygens (including phenoxy) is 1. The topological polar surface area (TPSA) is 60.3 Å². The number of hydrogen-bond donors (Lipinski definition) is 1. The van der Waals surface area contributed by atoms with E-state index in [0.717, 1.165) is 56.0 Å². The molecule has 0 aliphatic heterocycles. The summed E-state index contributed by atoms with van der Waals surface area (Å²) in [6.07, 6.45) is 3.97. The summed E-state index contributed by atoms with van der Waals surface area (Å²) < 4.78 is 8.70. The van der Waals surface area contributed by atoms with Gasteiger partial charge in [-0.3, -0.25) is 4.79 Å². The van der Waals surface area contributed by atoms with Gasteiger partial charge in [-0.15, -0.1) is 0 Å². The van der Waals surface area contributed by atoms with E-state index in [0.29, 0.717) is 24.3 Å². The van der Waals surface area contributed by atoms with Crippen molar-refractivity contribution in [2.45, 2.75) is 46.2 Å². The zero-order valence-electron chi connectivity index (χ0n) is 24.2. The number of carbonyl (C=O) groups excluding carboxylic acids is 2. The number of nitrogens with zero attached hydrogens (tertiary/aromatic N) is 1. The van der Waals surface area contributed by atoms with E-state index in [1.165, 1.54) is 0 Å². The van der Waals surface area contributed by atoms with E-state index in [4.69, 9.17) is 4.74 Å². The quantitative estimate of drug-likeness (QED) is 0.125. The standard InChI is InChI=1S/C36H35BrN2O3/c1-4-5-20-42-36(41)32-9-7-6-8-31(32)28-12-10-26(11-13-28)23-39-22-24(2)33-21-29(16-19-34(33)39)35(40)38-25(3)27-14-17-30(37)18-15-27/h6-19,21-22,25H,4-5,20,23H2,1-3H3,(H,38,40)/t25-/m0/s1. The van der Waals surface area contributed by atoms with Crippen molar-refractivity contribution in [2.24, 2.45) is 0 Å². The van der Waals surface area contributed by atoms with Crippen LogP contribution in [-0.2, 0) is 11.3 Å². The van der Waals surface area contributed by atoms with Crippen molar-refractivity contribution < 1.29 is 14.3 Å². The maximum Gasteiger partial charge on any atom is 0.338 e. The molecule has 0 aliphatic carbocycles. The van der Waals surface area contributed by atoms with Crippen LogP contribution in [0.25, 0.3) is 22.0 Å². The molecule has 1 amide bonds. The fraction of sp³-hybridized carbons (Fsp3) is 0.222. The van der Waals surface area contributed by atoms with Crippen molar-refractivity contribution in [3.05, 3.63) is 129 Å². The van der Waals surface area contributed by atoms with Gasteiger partial charge in [0, 0.05) is 33.7 Å². The van der Waals surface area contributed by atoms with Crippen molar-refractivity contribution in [2.75, 3.05) is 6.61 Å². The molecule has 4 aromatic carbocycles. The molecular weight excluding hydrogens is 588 g/mol. The number of fused-ring (bicyclic) bond motifs is 1. The summed E-state index contributed by atoms with van der Waals surface area (Å²) in [5.41, 5.74) is 7.46. The molecule has 5 nitrogen and oxygen atoms in total. The molecule has 0 bridgehead atoms. The Labute approximate surface area is 255 Å². The maximum atomic E-state index is 13.1. The molecular formula is C36H35BrN2O3. The largest absolute Gasteiger partial charge is 0.462 e. The number of unbranched alkanes of at least 4 members (excludes halogenated alkanes) is 1. The Morgan fingerprint density at radius 3 is 2.43 bits per heavy atom. The first-order valence-corrected chi connectivity index (χ1v) is 15.1. The van der Waals surface area contributed by atoms with Crippen LogP contribution in [0.1, 0.15) is 70.1 Å². The fourth-order valence-corrected chi connectivity index (χ4v) is 5.41. The van der Waals surface area contributed by atoms with Crippen LogP contribution in [0.15, 0.2) is 102 Å². The summed E-state index contributed by atoms with van der Waals surface area (Å²) in [4.78, 5) is 25.8. The number of esters is 1. The SMILES string of the molecule is CCCCOC(=O)c1ccccc1-c1ccc(Cn2cc(C)c3cc(C(=O)N[C@@H](C)c4ccc(Br)cc4)ccc32)cc1. The highest BCUT2D eigenvalue weighted by Gasteiger charge is 2.16. The average Bonchev–Trinajstić information content (AvgIpc) is 3.31. The highest BCUT2D eigenvalue weighted by molar-refractivity contribution is 9.10. The summed E-state index contributed by atoms with van der Waals surface area (Å²) in [6, 6.07) is 29.7. The Kier molecular flexibility index (Phi) is 9.23. The smallest absolute Gasteiger partial charge is 0.338 e. The number of rotatable bonds is 10. The first kappa shape index (κ1) is 29.3. The highest BCUT2D eigenvalue weighted by atomic mass is 79.9. The monoisotopic (exact) mass is 622 g/mol. The van der Waals surface area contributed by atoms with Gasteiger partial charge in [-0.25, -0.2) is 4.79 Å². The van der Waals surface area contributed by atoms with Gasteiger partial charge in [-0.1, -0.05) is 83.9 Å². The molecule has 1 aromatic heterocycles. The molecule has 5 rings (SSSR count). The van der Waals surface area contributed by atoms with E-state index in [1.807, 2.05) is 73.7 Å². The van der Waals surface area contributed by atoms with Crippen molar-refractivity contribution in [1.82, 2.24) is 9.88 Å². The van der Waals surface area contributed by atoms with Crippen LogP contribution >= 0.6 is 15.9 Å². The minimum atomic E-state index is -0.284. The van der Waals surface area contributed by atoms with E-state index in [-0.39, 0.29) is 17.9 Å². The fourth-order valence-electron chi connectivity index (χ4n) is 5.15. The second-order valence-electron chi connectivity index (χ2n) is 10.7. The summed E-state index contributed by atoms with van der Waals surface area (Å²) in [6.45, 7) is 7.27. The zero-order chi connectivity index (χ0) is 29.6. The third-order valence-electron chi connectivity index (χ3n) is 7.56. The Hall–Kier alpha value is -4.16. The molecule has 0 saturated carbocycles. The first-order valence-electron chi connectivity index (χ1n) is 14.4. The number of hydrogen-bond acceptors (Lipinski definition) is 3. The number of aromatic nitrogens is 1. The Morgan fingerprint density at radius 2 is 1.69 bits per heavy atom. The van der Waals surface area contributed by atoms with Gasteiger partial charge in [-0.2, -0.15) is 0 Å². The number of halogens is 1. The molecule has 0 spiro atoms. The molecule has 214 valence electrons. The lowest BCUT2D eigenvalue weighted by Gasteiger charge is -2.15. The van der Waals surface area contributed by atoms with E-state index in [1.54, 1.807) is 0 Å². The molecule has 42 heavy (non-hydrogen) atoms. The number of amides is 1. The van der Waals surface area contributed by atoms with E-state index in [9.17, 15) is 9.59 Å². The lowest BCUT2D eigenvalue weighted by atomic mass is 9.98. The van der Waals surface area contributed by atoms with Crippen molar-refractivity contribution in [1.29, 1.82) is 0 Å². The Bertz CT molecular complexity index is 1700. The molecule has 0 unspecified atom stereocenters. The lowest BCUT2D eigenvalue weighted by Crippen LogP contribution is -2.26. The molecule has 1 atom stereocenters. The van der Waals surface area contributed by atoms with Gasteiger partial charge in [0.25, 0.3) is 5.91 Å². The molecule has 5 aromatic rings. The Balaban J connectivity index is 1.31. The first-order chi connectivity index (χ1) is 20.3. The molecule has 0 radical (unpaired) electrons. The average molecular weight is 624 g/mol. The van der Waals surface area contributed by atoms with Crippen molar-refractivity contribution in [3.8, 4) is 11.1 Å². The van der Waals surface area contributed by atoms with Crippen LogP contribution in [0.5, 0.6) is 0 Å². The van der Waals surface area contributed by atoms with Crippen LogP contribution in [0.3, 0.4) is 0 Å².